The summed E-state index contributed by atoms with van der Waals surface area (Å²) < 4.78 is 1.16. The number of fused-ring (bicyclic) bond motifs is 1. The van der Waals surface area contributed by atoms with Gasteiger partial charge in [-0.05, 0) is 12.1 Å². The Bertz CT molecular complexity index is 402. The van der Waals surface area contributed by atoms with Crippen molar-refractivity contribution < 1.29 is 0 Å². The maximum absolute atomic E-state index is 7.09. The fourth-order valence-electron chi connectivity index (χ4n) is 1.07. The van der Waals surface area contributed by atoms with Gasteiger partial charge in [-0.3, -0.25) is 5.41 Å². The Kier molecular flexibility index (Phi) is 1.98. The minimum atomic E-state index is 0.858. The first kappa shape index (κ1) is 8.19. The Balaban J connectivity index is 2.55. The zero-order valence-corrected chi connectivity index (χ0v) is 8.01. The molecule has 0 bridgehead atoms. The van der Waals surface area contributed by atoms with Gasteiger partial charge in [0, 0.05) is 7.05 Å². The minimum Gasteiger partial charge on any atom is -0.312 e. The number of nitrogens with zero attached hydrogens (tertiary/aromatic N) is 2. The van der Waals surface area contributed by atoms with Crippen LogP contribution in [0.3, 0.4) is 0 Å². The molecule has 2 rings (SSSR count). The van der Waals surface area contributed by atoms with Crippen LogP contribution < -0.4 is 4.90 Å². The summed E-state index contributed by atoms with van der Waals surface area (Å²) in [5, 5.41) is 7.94. The molecule has 0 spiro atoms. The van der Waals surface area contributed by atoms with Gasteiger partial charge in [-0.15, -0.1) is 0 Å². The highest BCUT2D eigenvalue weighted by Gasteiger charge is 2.04. The summed E-state index contributed by atoms with van der Waals surface area (Å²) in [6, 6.07) is 7.98. The lowest BCUT2D eigenvalue weighted by molar-refractivity contribution is 1.24. The normalized spacial score (nSPS) is 10.2. The second kappa shape index (κ2) is 3.14. The van der Waals surface area contributed by atoms with Crippen molar-refractivity contribution in [2.45, 2.75) is 0 Å². The molecule has 0 radical (unpaired) electrons. The third kappa shape index (κ3) is 1.40. The largest absolute Gasteiger partial charge is 0.312 e. The van der Waals surface area contributed by atoms with Gasteiger partial charge in [0.2, 0.25) is 0 Å². The molecule has 0 aliphatic rings. The van der Waals surface area contributed by atoms with Crippen LogP contribution in [-0.4, -0.2) is 18.4 Å². The predicted octanol–water partition coefficient (Wildman–Crippen LogP) is 2.34. The van der Waals surface area contributed by atoms with Gasteiger partial charge in [-0.2, -0.15) is 0 Å². The van der Waals surface area contributed by atoms with Crippen LogP contribution in [0.2, 0.25) is 0 Å². The SMILES string of the molecule is CN(C=N)c1nc2ccccc2s1. The molecule has 13 heavy (non-hydrogen) atoms. The van der Waals surface area contributed by atoms with Crippen LogP contribution in [0.4, 0.5) is 5.13 Å². The third-order valence-electron chi connectivity index (χ3n) is 1.78. The molecule has 1 N–H and O–H groups in total. The number of aromatic nitrogens is 1. The third-order valence-corrected chi connectivity index (χ3v) is 2.90. The second-order valence-electron chi connectivity index (χ2n) is 2.70. The van der Waals surface area contributed by atoms with Crippen molar-refractivity contribution in [1.29, 1.82) is 5.41 Å². The van der Waals surface area contributed by atoms with E-state index in [0.29, 0.717) is 0 Å². The van der Waals surface area contributed by atoms with Gasteiger partial charge < -0.3 is 4.90 Å². The van der Waals surface area contributed by atoms with Crippen molar-refractivity contribution in [1.82, 2.24) is 4.98 Å². The number of para-hydroxylation sites is 1. The van der Waals surface area contributed by atoms with Gasteiger partial charge in [0.05, 0.1) is 16.6 Å². The van der Waals surface area contributed by atoms with E-state index in [1.165, 1.54) is 6.34 Å². The van der Waals surface area contributed by atoms with Crippen molar-refractivity contribution in [2.24, 2.45) is 0 Å². The van der Waals surface area contributed by atoms with Crippen LogP contribution in [0.1, 0.15) is 0 Å². The molecule has 1 heterocycles. The van der Waals surface area contributed by atoms with Gasteiger partial charge in [-0.1, -0.05) is 23.5 Å². The zero-order chi connectivity index (χ0) is 9.26. The van der Waals surface area contributed by atoms with Gasteiger partial charge >= 0.3 is 0 Å². The highest BCUT2D eigenvalue weighted by molar-refractivity contribution is 7.22. The molecule has 0 aliphatic carbocycles. The maximum atomic E-state index is 7.09. The van der Waals surface area contributed by atoms with Crippen LogP contribution in [-0.2, 0) is 0 Å². The molecule has 0 atom stereocenters. The number of thiazole rings is 1. The number of rotatable bonds is 2. The van der Waals surface area contributed by atoms with E-state index in [1.54, 1.807) is 16.2 Å². The predicted molar refractivity (Wildman–Crippen MR) is 56.8 cm³/mol. The molecule has 0 unspecified atom stereocenters. The van der Waals surface area contributed by atoms with Crippen molar-refractivity contribution in [3.8, 4) is 0 Å². The molecule has 0 saturated heterocycles. The highest BCUT2D eigenvalue weighted by atomic mass is 32.1. The quantitative estimate of drug-likeness (QED) is 0.584. The molecule has 66 valence electrons. The molecule has 0 saturated carbocycles. The summed E-state index contributed by atoms with van der Waals surface area (Å²) in [5.41, 5.74) is 0.996. The number of anilines is 1. The molecule has 2 aromatic rings. The fraction of sp³-hybridized carbons (Fsp3) is 0.111. The average Bonchev–Trinajstić information content (AvgIpc) is 2.59. The topological polar surface area (TPSA) is 40.0 Å². The zero-order valence-electron chi connectivity index (χ0n) is 7.19. The molecular weight excluding hydrogens is 182 g/mol. The van der Waals surface area contributed by atoms with Gasteiger partial charge in [0.1, 0.15) is 0 Å². The lowest BCUT2D eigenvalue weighted by Crippen LogP contribution is -2.12. The summed E-state index contributed by atoms with van der Waals surface area (Å²) in [5.74, 6) is 0. The van der Waals surface area contributed by atoms with E-state index in [2.05, 4.69) is 4.98 Å². The van der Waals surface area contributed by atoms with Crippen molar-refractivity contribution in [3.05, 3.63) is 24.3 Å². The summed E-state index contributed by atoms with van der Waals surface area (Å²) in [4.78, 5) is 6.08. The molecule has 1 aromatic carbocycles. The molecule has 1 aromatic heterocycles. The highest BCUT2D eigenvalue weighted by Crippen LogP contribution is 2.26. The Labute approximate surface area is 80.1 Å². The van der Waals surface area contributed by atoms with E-state index in [-0.39, 0.29) is 0 Å². The van der Waals surface area contributed by atoms with Crippen LogP contribution >= 0.6 is 11.3 Å². The Morgan fingerprint density at radius 1 is 1.46 bits per heavy atom. The first-order valence-electron chi connectivity index (χ1n) is 3.90. The Morgan fingerprint density at radius 3 is 2.92 bits per heavy atom. The Hall–Kier alpha value is -1.42. The van der Waals surface area contributed by atoms with Crippen LogP contribution in [0.15, 0.2) is 24.3 Å². The van der Waals surface area contributed by atoms with Crippen molar-refractivity contribution >= 4 is 33.0 Å². The average molecular weight is 191 g/mol. The summed E-state index contributed by atoms with van der Waals surface area (Å²) in [7, 11) is 1.82. The van der Waals surface area contributed by atoms with E-state index < -0.39 is 0 Å². The first-order valence-corrected chi connectivity index (χ1v) is 4.72. The van der Waals surface area contributed by atoms with Crippen LogP contribution in [0.5, 0.6) is 0 Å². The van der Waals surface area contributed by atoms with Crippen molar-refractivity contribution in [3.63, 3.8) is 0 Å². The maximum Gasteiger partial charge on any atom is 0.191 e. The van der Waals surface area contributed by atoms with E-state index in [9.17, 15) is 0 Å². The number of benzene rings is 1. The monoisotopic (exact) mass is 191 g/mol. The molecule has 4 heteroatoms. The lowest BCUT2D eigenvalue weighted by Gasteiger charge is -2.04. The Morgan fingerprint density at radius 2 is 2.23 bits per heavy atom. The van der Waals surface area contributed by atoms with E-state index in [4.69, 9.17) is 5.41 Å². The molecule has 3 nitrogen and oxygen atoms in total. The molecule has 0 aliphatic heterocycles. The smallest absolute Gasteiger partial charge is 0.191 e. The van der Waals surface area contributed by atoms with Crippen LogP contribution in [0.25, 0.3) is 10.2 Å². The molecule has 0 amide bonds. The summed E-state index contributed by atoms with van der Waals surface area (Å²) >= 11 is 1.59. The number of nitrogens with one attached hydrogen (secondary N) is 1. The second-order valence-corrected chi connectivity index (χ2v) is 3.71. The fourth-order valence-corrected chi connectivity index (χ4v) is 1.97. The van der Waals surface area contributed by atoms with E-state index >= 15 is 0 Å². The van der Waals surface area contributed by atoms with Crippen molar-refractivity contribution in [2.75, 3.05) is 11.9 Å². The summed E-state index contributed by atoms with van der Waals surface area (Å²) in [6.07, 6.45) is 1.26. The standard InChI is InChI=1S/C9H9N3S/c1-12(6-10)9-11-7-4-2-3-5-8(7)13-9/h2-6,10H,1H3. The molecular formula is C9H9N3S. The first-order chi connectivity index (χ1) is 6.31. The van der Waals surface area contributed by atoms with Gasteiger partial charge in [0.25, 0.3) is 0 Å². The number of hydrogen-bond donors (Lipinski definition) is 1. The minimum absolute atomic E-state index is 0.858. The number of hydrogen-bond acceptors (Lipinski definition) is 3. The molecule has 0 fully saturated rings. The summed E-state index contributed by atoms with van der Waals surface area (Å²) in [6.45, 7) is 0. The lowest BCUT2D eigenvalue weighted by atomic mass is 10.3. The van der Waals surface area contributed by atoms with Gasteiger partial charge in [0.15, 0.2) is 5.13 Å². The van der Waals surface area contributed by atoms with E-state index in [0.717, 1.165) is 15.3 Å². The van der Waals surface area contributed by atoms with E-state index in [1.807, 2.05) is 31.3 Å². The van der Waals surface area contributed by atoms with Crippen LogP contribution in [0, 0.1) is 5.41 Å². The van der Waals surface area contributed by atoms with Gasteiger partial charge in [-0.25, -0.2) is 4.98 Å².